The van der Waals surface area contributed by atoms with Crippen LogP contribution in [0.5, 0.6) is 0 Å². The molecule has 0 atom stereocenters. The number of hydrogen-bond acceptors (Lipinski definition) is 6. The summed E-state index contributed by atoms with van der Waals surface area (Å²) in [5.74, 6) is -2.62. The van der Waals surface area contributed by atoms with Crippen LogP contribution in [0.4, 0.5) is 0 Å². The summed E-state index contributed by atoms with van der Waals surface area (Å²) in [6.07, 6.45) is 12.5. The average Bonchev–Trinajstić information content (AvgIpc) is 3.07. The monoisotopic (exact) mass is 632 g/mol. The van der Waals surface area contributed by atoms with Gasteiger partial charge in [-0.25, -0.2) is 9.59 Å². The Morgan fingerprint density at radius 1 is 0.565 bits per heavy atom. The van der Waals surface area contributed by atoms with Gasteiger partial charge in [0.2, 0.25) is 0 Å². The maximum absolute atomic E-state index is 12.7. The summed E-state index contributed by atoms with van der Waals surface area (Å²) in [6.45, 7) is 7.55. The van der Waals surface area contributed by atoms with Crippen molar-refractivity contribution in [2.75, 3.05) is 13.2 Å². The Bertz CT molecular complexity index is 1210. The Labute approximate surface area is 272 Å². The second-order valence-corrected chi connectivity index (χ2v) is 12.2. The van der Waals surface area contributed by atoms with Crippen LogP contribution >= 0.6 is 0 Å². The van der Waals surface area contributed by atoms with Gasteiger partial charge in [-0.2, -0.15) is 0 Å². The molecule has 2 N–H and O–H groups in total. The van der Waals surface area contributed by atoms with E-state index in [0.29, 0.717) is 13.2 Å². The van der Waals surface area contributed by atoms with Crippen molar-refractivity contribution in [2.24, 2.45) is 0 Å². The first-order valence-electron chi connectivity index (χ1n) is 16.4. The zero-order chi connectivity index (χ0) is 33.4. The smallest absolute Gasteiger partial charge is 0.330 e. The fourth-order valence-electron chi connectivity index (χ4n) is 6.37. The number of carboxylic acid groups (broad SMARTS) is 2. The largest absolute Gasteiger partial charge is 0.481 e. The maximum Gasteiger partial charge on any atom is 0.330 e. The molecule has 2 aromatic rings. The molecule has 0 heterocycles. The van der Waals surface area contributed by atoms with E-state index in [-0.39, 0.29) is 25.7 Å². The fraction of sp³-hybridized carbons (Fsp3) is 0.474. The second-order valence-electron chi connectivity index (χ2n) is 12.2. The number of hydrogen-bond donors (Lipinski definition) is 2. The number of rotatable bonds is 20. The molecule has 248 valence electrons. The van der Waals surface area contributed by atoms with E-state index < -0.39 is 34.7 Å². The minimum atomic E-state index is -1.12. The molecule has 0 radical (unpaired) electrons. The molecule has 1 aliphatic rings. The van der Waals surface area contributed by atoms with Crippen molar-refractivity contribution < 1.29 is 38.9 Å². The fourth-order valence-corrected chi connectivity index (χ4v) is 6.37. The third-order valence-corrected chi connectivity index (χ3v) is 9.33. The summed E-state index contributed by atoms with van der Waals surface area (Å²) < 4.78 is 9.99. The number of aliphatic carboxylic acids is 2. The van der Waals surface area contributed by atoms with Crippen molar-refractivity contribution in [3.05, 3.63) is 96.1 Å². The molecule has 0 unspecified atom stereocenters. The van der Waals surface area contributed by atoms with Gasteiger partial charge >= 0.3 is 23.9 Å². The van der Waals surface area contributed by atoms with Gasteiger partial charge in [0.15, 0.2) is 0 Å². The van der Waals surface area contributed by atoms with Crippen LogP contribution in [0.3, 0.4) is 0 Å². The van der Waals surface area contributed by atoms with E-state index in [0.717, 1.165) is 98.6 Å². The van der Waals surface area contributed by atoms with E-state index in [1.54, 1.807) is 0 Å². The van der Waals surface area contributed by atoms with E-state index in [9.17, 15) is 29.4 Å². The Hall–Kier alpha value is -4.20. The lowest BCUT2D eigenvalue weighted by Crippen LogP contribution is -2.48. The molecule has 0 amide bonds. The maximum atomic E-state index is 12.7. The number of carbonyl (C=O) groups is 4. The van der Waals surface area contributed by atoms with Gasteiger partial charge < -0.3 is 19.7 Å². The first-order valence-corrected chi connectivity index (χ1v) is 16.4. The number of aryl methyl sites for hydroxylation is 2. The molecule has 8 nitrogen and oxygen atoms in total. The Kier molecular flexibility index (Phi) is 14.2. The van der Waals surface area contributed by atoms with Crippen LogP contribution in [0.25, 0.3) is 0 Å². The Morgan fingerprint density at radius 2 is 0.891 bits per heavy atom. The van der Waals surface area contributed by atoms with Gasteiger partial charge in [-0.05, 0) is 86.5 Å². The molecule has 2 aromatic carbocycles. The first-order chi connectivity index (χ1) is 22.2. The summed E-state index contributed by atoms with van der Waals surface area (Å²) in [5.41, 5.74) is 1.47. The lowest BCUT2D eigenvalue weighted by molar-refractivity contribution is -0.152. The molecule has 1 aliphatic carbocycles. The molecular formula is C38H48O8. The number of unbranched alkanes of at least 4 members (excludes halogenated alkanes) is 6. The van der Waals surface area contributed by atoms with Crippen LogP contribution in [-0.4, -0.2) is 47.3 Å². The van der Waals surface area contributed by atoms with E-state index in [2.05, 4.69) is 13.2 Å². The highest BCUT2D eigenvalue weighted by molar-refractivity contribution is 5.85. The number of ether oxygens (including phenoxy) is 2. The Balaban J connectivity index is 1.53. The molecule has 0 spiro atoms. The topological polar surface area (TPSA) is 127 Å². The zero-order valence-electron chi connectivity index (χ0n) is 26.8. The number of benzene rings is 2. The minimum Gasteiger partial charge on any atom is -0.481 e. The second kappa shape index (κ2) is 18.1. The van der Waals surface area contributed by atoms with Gasteiger partial charge in [0.05, 0.1) is 24.0 Å². The van der Waals surface area contributed by atoms with Crippen LogP contribution < -0.4 is 0 Å². The van der Waals surface area contributed by atoms with Gasteiger partial charge in [0, 0.05) is 12.2 Å². The van der Waals surface area contributed by atoms with Crippen LogP contribution in [0, 0.1) is 0 Å². The summed E-state index contributed by atoms with van der Waals surface area (Å²) in [6, 6.07) is 15.5. The molecule has 0 aliphatic heterocycles. The molecular weight excluding hydrogens is 584 g/mol. The highest BCUT2D eigenvalue weighted by Crippen LogP contribution is 2.49. The van der Waals surface area contributed by atoms with Crippen molar-refractivity contribution in [1.29, 1.82) is 0 Å². The van der Waals surface area contributed by atoms with Crippen molar-refractivity contribution in [3.8, 4) is 0 Å². The quantitative estimate of drug-likeness (QED) is 0.0887. The van der Waals surface area contributed by atoms with Gasteiger partial charge in [-0.15, -0.1) is 0 Å². The molecule has 1 fully saturated rings. The van der Waals surface area contributed by atoms with Gasteiger partial charge in [0.25, 0.3) is 0 Å². The highest BCUT2D eigenvalue weighted by atomic mass is 16.5. The molecule has 1 saturated carbocycles. The van der Waals surface area contributed by atoms with Gasteiger partial charge in [-0.3, -0.25) is 9.59 Å². The number of carbonyl (C=O) groups excluding carboxylic acids is 2. The van der Waals surface area contributed by atoms with Crippen molar-refractivity contribution in [3.63, 3.8) is 0 Å². The van der Waals surface area contributed by atoms with E-state index in [1.807, 2.05) is 48.5 Å². The third kappa shape index (κ3) is 9.90. The van der Waals surface area contributed by atoms with Crippen LogP contribution in [0.15, 0.2) is 73.8 Å². The summed E-state index contributed by atoms with van der Waals surface area (Å²) >= 11 is 0. The highest BCUT2D eigenvalue weighted by Gasteiger charge is 2.52. The number of carboxylic acids is 2. The Morgan fingerprint density at radius 3 is 1.20 bits per heavy atom. The molecule has 3 rings (SSSR count). The van der Waals surface area contributed by atoms with Crippen molar-refractivity contribution in [2.45, 2.75) is 101 Å². The molecule has 46 heavy (non-hydrogen) atoms. The lowest BCUT2D eigenvalue weighted by Gasteiger charge is -2.42. The van der Waals surface area contributed by atoms with E-state index in [1.165, 1.54) is 0 Å². The van der Waals surface area contributed by atoms with Crippen molar-refractivity contribution >= 4 is 23.9 Å². The summed E-state index contributed by atoms with van der Waals surface area (Å²) in [7, 11) is 0. The lowest BCUT2D eigenvalue weighted by atomic mass is 9.59. The molecule has 0 bridgehead atoms. The number of esters is 2. The average molecular weight is 633 g/mol. The minimum absolute atomic E-state index is 0.244. The van der Waals surface area contributed by atoms with E-state index in [4.69, 9.17) is 9.47 Å². The van der Waals surface area contributed by atoms with Crippen LogP contribution in [0.2, 0.25) is 0 Å². The molecule has 0 aromatic heterocycles. The normalized spacial score (nSPS) is 19.1. The predicted molar refractivity (Wildman–Crippen MR) is 177 cm³/mol. The van der Waals surface area contributed by atoms with Crippen LogP contribution in [0.1, 0.15) is 99.3 Å². The molecule has 0 saturated heterocycles. The summed E-state index contributed by atoms with van der Waals surface area (Å²) in [4.78, 5) is 47.6. The first kappa shape index (κ1) is 36.3. The molecule has 8 heteroatoms. The third-order valence-electron chi connectivity index (χ3n) is 9.33. The predicted octanol–water partition coefficient (Wildman–Crippen LogP) is 7.27. The van der Waals surface area contributed by atoms with Gasteiger partial charge in [0.1, 0.15) is 0 Å². The van der Waals surface area contributed by atoms with Crippen molar-refractivity contribution in [1.82, 2.24) is 0 Å². The SMILES string of the molecule is C=CC(=O)OCCCCCCc1ccc(C2(C(=O)O)CCC(C(=O)O)(c3ccc(CCCCCCOC(=O)C=C)cc3)CC2)cc1. The van der Waals surface area contributed by atoms with Crippen LogP contribution in [-0.2, 0) is 52.3 Å². The summed E-state index contributed by atoms with van der Waals surface area (Å²) in [5, 5.41) is 20.8. The zero-order valence-corrected chi connectivity index (χ0v) is 26.8. The van der Waals surface area contributed by atoms with Gasteiger partial charge in [-0.1, -0.05) is 87.4 Å². The standard InChI is InChI=1S/C38H48O8/c1-3-33(39)45-27-11-7-5-9-13-29-15-19-31(20-16-29)37(35(41)42)23-25-38(26-24-37,36(43)44)32-21-17-30(18-22-32)14-10-6-8-12-28-46-34(40)4-2/h3-4,15-22H,1-2,5-14,23-28H2,(H,41,42)(H,43,44). The van der Waals surface area contributed by atoms with E-state index >= 15 is 0 Å².